The molecule has 1 aromatic carbocycles. The smallest absolute Gasteiger partial charge is 0.270 e. The van der Waals surface area contributed by atoms with Gasteiger partial charge in [-0.3, -0.25) is 14.9 Å². The second-order valence-electron chi connectivity index (χ2n) is 4.00. The van der Waals surface area contributed by atoms with Crippen LogP contribution in [0.2, 0.25) is 0 Å². The van der Waals surface area contributed by atoms with Crippen molar-refractivity contribution in [1.82, 2.24) is 10.2 Å². The van der Waals surface area contributed by atoms with E-state index in [1.807, 2.05) is 0 Å². The van der Waals surface area contributed by atoms with Gasteiger partial charge in [-0.2, -0.15) is 0 Å². The molecule has 0 fully saturated rings. The van der Waals surface area contributed by atoms with Gasteiger partial charge in [0.15, 0.2) is 12.4 Å². The molecule has 0 spiro atoms. The highest BCUT2D eigenvalue weighted by molar-refractivity contribution is 5.97. The van der Waals surface area contributed by atoms with E-state index in [4.69, 9.17) is 9.15 Å². The Balaban J connectivity index is 2.22. The van der Waals surface area contributed by atoms with E-state index in [1.165, 1.54) is 25.1 Å². The number of aromatic nitrogens is 2. The molecule has 0 aliphatic carbocycles. The largest absolute Gasteiger partial charge is 0.483 e. The molecule has 0 N–H and O–H groups in total. The van der Waals surface area contributed by atoms with Crippen LogP contribution in [0.1, 0.15) is 29.1 Å². The summed E-state index contributed by atoms with van der Waals surface area (Å²) in [7, 11) is 0. The molecule has 0 unspecified atom stereocenters. The van der Waals surface area contributed by atoms with Gasteiger partial charge in [-0.15, -0.1) is 10.2 Å². The fourth-order valence-electron chi connectivity index (χ4n) is 1.57. The number of ketones is 1. The van der Waals surface area contributed by atoms with Crippen LogP contribution in [0.4, 0.5) is 5.69 Å². The van der Waals surface area contributed by atoms with Crippen LogP contribution in [0.3, 0.4) is 0 Å². The van der Waals surface area contributed by atoms with Gasteiger partial charge >= 0.3 is 0 Å². The third-order valence-electron chi connectivity index (χ3n) is 2.47. The topological polar surface area (TPSA) is 108 Å². The molecule has 8 heteroatoms. The number of rotatable bonds is 5. The molecule has 2 aromatic rings. The number of nitrogens with zero attached hydrogens (tertiary/aromatic N) is 3. The number of ether oxygens (including phenoxy) is 1. The molecule has 0 saturated heterocycles. The Labute approximate surface area is 113 Å². The van der Waals surface area contributed by atoms with Crippen molar-refractivity contribution in [2.24, 2.45) is 0 Å². The summed E-state index contributed by atoms with van der Waals surface area (Å²) in [4.78, 5) is 21.6. The summed E-state index contributed by atoms with van der Waals surface area (Å²) in [5, 5.41) is 18.1. The number of nitro groups is 1. The molecular weight excluding hydrogens is 266 g/mol. The molecular formula is C12H11N3O5. The summed E-state index contributed by atoms with van der Waals surface area (Å²) in [6, 6.07) is 3.82. The molecule has 0 aliphatic heterocycles. The second kappa shape index (κ2) is 5.47. The minimum Gasteiger partial charge on any atom is -0.483 e. The highest BCUT2D eigenvalue weighted by atomic mass is 16.6. The standard InChI is InChI=1S/C12H11N3O5/c1-7(16)10-5-9(15(17)18)3-4-11(10)19-6-12-14-13-8(2)20-12/h3-5H,6H2,1-2H3. The number of aryl methyl sites for hydroxylation is 1. The maximum Gasteiger partial charge on any atom is 0.270 e. The first-order valence-electron chi connectivity index (χ1n) is 5.68. The Bertz CT molecular complexity index is 665. The Morgan fingerprint density at radius 1 is 1.45 bits per heavy atom. The first kappa shape index (κ1) is 13.7. The maximum atomic E-state index is 11.5. The minimum absolute atomic E-state index is 0.0149. The summed E-state index contributed by atoms with van der Waals surface area (Å²) in [5.41, 5.74) is -0.0355. The van der Waals surface area contributed by atoms with E-state index < -0.39 is 4.92 Å². The lowest BCUT2D eigenvalue weighted by atomic mass is 10.1. The Morgan fingerprint density at radius 2 is 2.20 bits per heavy atom. The summed E-state index contributed by atoms with van der Waals surface area (Å²) in [6.45, 7) is 2.94. The zero-order chi connectivity index (χ0) is 14.7. The Kier molecular flexibility index (Phi) is 3.74. The molecule has 8 nitrogen and oxygen atoms in total. The van der Waals surface area contributed by atoms with Gasteiger partial charge in [-0.05, 0) is 13.0 Å². The lowest BCUT2D eigenvalue weighted by molar-refractivity contribution is -0.384. The van der Waals surface area contributed by atoms with Crippen molar-refractivity contribution in [3.8, 4) is 5.75 Å². The number of nitro benzene ring substituents is 1. The van der Waals surface area contributed by atoms with Crippen LogP contribution in [-0.2, 0) is 6.61 Å². The van der Waals surface area contributed by atoms with Crippen LogP contribution in [0.15, 0.2) is 22.6 Å². The van der Waals surface area contributed by atoms with Crippen molar-refractivity contribution in [3.63, 3.8) is 0 Å². The van der Waals surface area contributed by atoms with E-state index in [2.05, 4.69) is 10.2 Å². The van der Waals surface area contributed by atoms with Gasteiger partial charge in [0.25, 0.3) is 11.6 Å². The maximum absolute atomic E-state index is 11.5. The van der Waals surface area contributed by atoms with Gasteiger partial charge in [0.2, 0.25) is 5.89 Å². The van der Waals surface area contributed by atoms with E-state index >= 15 is 0 Å². The van der Waals surface area contributed by atoms with E-state index in [1.54, 1.807) is 6.92 Å². The quantitative estimate of drug-likeness (QED) is 0.467. The van der Waals surface area contributed by atoms with Gasteiger partial charge in [0.05, 0.1) is 10.5 Å². The third kappa shape index (κ3) is 2.97. The van der Waals surface area contributed by atoms with Gasteiger partial charge < -0.3 is 9.15 Å². The summed E-state index contributed by atoms with van der Waals surface area (Å²) in [5.74, 6) is 0.568. The Morgan fingerprint density at radius 3 is 2.75 bits per heavy atom. The van der Waals surface area contributed by atoms with E-state index in [0.29, 0.717) is 5.89 Å². The van der Waals surface area contributed by atoms with Crippen LogP contribution in [0.25, 0.3) is 0 Å². The van der Waals surface area contributed by atoms with Gasteiger partial charge in [0, 0.05) is 19.1 Å². The normalized spacial score (nSPS) is 10.3. The average molecular weight is 277 g/mol. The average Bonchev–Trinajstić information content (AvgIpc) is 2.81. The fraction of sp³-hybridized carbons (Fsp3) is 0.250. The zero-order valence-corrected chi connectivity index (χ0v) is 10.8. The van der Waals surface area contributed by atoms with Crippen LogP contribution in [0.5, 0.6) is 5.75 Å². The Hall–Kier alpha value is -2.77. The molecule has 0 radical (unpaired) electrons. The summed E-state index contributed by atoms with van der Waals surface area (Å²) < 4.78 is 10.5. The third-order valence-corrected chi connectivity index (χ3v) is 2.47. The molecule has 104 valence electrons. The van der Waals surface area contributed by atoms with Crippen LogP contribution in [0, 0.1) is 17.0 Å². The predicted octanol–water partition coefficient (Wildman–Crippen LogP) is 2.07. The van der Waals surface area contributed by atoms with Crippen molar-refractivity contribution in [2.45, 2.75) is 20.5 Å². The van der Waals surface area contributed by atoms with E-state index in [0.717, 1.165) is 0 Å². The number of carbonyl (C=O) groups is 1. The molecule has 0 aliphatic rings. The zero-order valence-electron chi connectivity index (χ0n) is 10.8. The highest BCUT2D eigenvalue weighted by Crippen LogP contribution is 2.25. The molecule has 2 rings (SSSR count). The second-order valence-corrected chi connectivity index (χ2v) is 4.00. The number of hydrogen-bond acceptors (Lipinski definition) is 7. The summed E-state index contributed by atoms with van der Waals surface area (Å²) >= 11 is 0. The van der Waals surface area contributed by atoms with Crippen molar-refractivity contribution in [2.75, 3.05) is 0 Å². The lowest BCUT2D eigenvalue weighted by Gasteiger charge is -2.07. The number of benzene rings is 1. The van der Waals surface area contributed by atoms with E-state index in [-0.39, 0.29) is 35.3 Å². The van der Waals surface area contributed by atoms with Crippen molar-refractivity contribution in [1.29, 1.82) is 0 Å². The lowest BCUT2D eigenvalue weighted by Crippen LogP contribution is -2.03. The number of carbonyl (C=O) groups excluding carboxylic acids is 1. The van der Waals surface area contributed by atoms with Crippen molar-refractivity contribution < 1.29 is 18.9 Å². The van der Waals surface area contributed by atoms with Crippen molar-refractivity contribution in [3.05, 3.63) is 45.7 Å². The first-order chi connectivity index (χ1) is 9.47. The molecule has 1 aromatic heterocycles. The molecule has 0 amide bonds. The molecule has 0 bridgehead atoms. The first-order valence-corrected chi connectivity index (χ1v) is 5.68. The fourth-order valence-corrected chi connectivity index (χ4v) is 1.57. The SMILES string of the molecule is CC(=O)c1cc([N+](=O)[O-])ccc1OCc1nnc(C)o1. The molecule has 0 atom stereocenters. The van der Waals surface area contributed by atoms with Crippen LogP contribution < -0.4 is 4.74 Å². The minimum atomic E-state index is -0.572. The number of non-ortho nitro benzene ring substituents is 1. The number of Topliss-reactive ketones (excluding diaryl/α,β-unsaturated/α-hetero) is 1. The summed E-state index contributed by atoms with van der Waals surface area (Å²) in [6.07, 6.45) is 0. The number of hydrogen-bond donors (Lipinski definition) is 0. The predicted molar refractivity (Wildman–Crippen MR) is 66.5 cm³/mol. The monoisotopic (exact) mass is 277 g/mol. The van der Waals surface area contributed by atoms with Gasteiger partial charge in [-0.25, -0.2) is 0 Å². The van der Waals surface area contributed by atoms with Crippen LogP contribution in [-0.4, -0.2) is 20.9 Å². The van der Waals surface area contributed by atoms with E-state index in [9.17, 15) is 14.9 Å². The van der Waals surface area contributed by atoms with Crippen molar-refractivity contribution >= 4 is 11.5 Å². The molecule has 20 heavy (non-hydrogen) atoms. The van der Waals surface area contributed by atoms with Gasteiger partial charge in [0.1, 0.15) is 5.75 Å². The molecule has 1 heterocycles. The highest BCUT2D eigenvalue weighted by Gasteiger charge is 2.15. The van der Waals surface area contributed by atoms with Crippen LogP contribution >= 0.6 is 0 Å². The van der Waals surface area contributed by atoms with Gasteiger partial charge in [-0.1, -0.05) is 0 Å². The molecule has 0 saturated carbocycles.